The second-order valence-electron chi connectivity index (χ2n) is 6.81. The summed E-state index contributed by atoms with van der Waals surface area (Å²) in [5.74, 6) is -2.10. The molecule has 0 saturated heterocycles. The van der Waals surface area contributed by atoms with Crippen molar-refractivity contribution < 1.29 is 23.1 Å². The maximum absolute atomic E-state index is 13.3. The minimum Gasteiger partial charge on any atom is -0.484 e. The summed E-state index contributed by atoms with van der Waals surface area (Å²) in [6.07, 6.45) is -0.168. The molecule has 0 aliphatic carbocycles. The molecule has 0 aromatic heterocycles. The van der Waals surface area contributed by atoms with Crippen LogP contribution in [0.2, 0.25) is 5.02 Å². The van der Waals surface area contributed by atoms with E-state index in [1.807, 2.05) is 0 Å². The fourth-order valence-electron chi connectivity index (χ4n) is 2.82. The smallest absolute Gasteiger partial charge is 0.257 e. The zero-order valence-corrected chi connectivity index (χ0v) is 17.2. The van der Waals surface area contributed by atoms with Crippen LogP contribution in [0.5, 0.6) is 5.75 Å². The highest BCUT2D eigenvalue weighted by Gasteiger charge is 2.22. The van der Waals surface area contributed by atoms with E-state index >= 15 is 0 Å². The summed E-state index contributed by atoms with van der Waals surface area (Å²) in [6.45, 7) is 3.93. The molecule has 1 aliphatic heterocycles. The van der Waals surface area contributed by atoms with Gasteiger partial charge in [-0.2, -0.15) is 0 Å². The van der Waals surface area contributed by atoms with Crippen molar-refractivity contribution in [3.8, 4) is 5.75 Å². The number of carbonyl (C=O) groups is 2. The second kappa shape index (κ2) is 10.1. The fourth-order valence-corrected chi connectivity index (χ4v) is 2.94. The van der Waals surface area contributed by atoms with Gasteiger partial charge in [0.25, 0.3) is 5.91 Å². The summed E-state index contributed by atoms with van der Waals surface area (Å²) >= 11 is 5.78. The molecular weight excluding hydrogens is 430 g/mol. The maximum Gasteiger partial charge on any atom is 0.257 e. The molecule has 10 heteroatoms. The van der Waals surface area contributed by atoms with Gasteiger partial charge >= 0.3 is 0 Å². The summed E-state index contributed by atoms with van der Waals surface area (Å²) < 4.78 is 31.9. The first-order chi connectivity index (χ1) is 14.8. The molecule has 7 nitrogen and oxygen atoms in total. The van der Waals surface area contributed by atoms with Crippen LogP contribution in [0.3, 0.4) is 0 Å². The normalized spacial score (nSPS) is 12.4. The zero-order chi connectivity index (χ0) is 22.4. The van der Waals surface area contributed by atoms with Crippen LogP contribution in [0.1, 0.15) is 6.42 Å². The maximum atomic E-state index is 13.3. The molecule has 1 heterocycles. The molecule has 2 amide bonds. The molecule has 2 aromatic carbocycles. The number of nitrogens with one attached hydrogen (secondary N) is 4. The number of amides is 2. The molecule has 0 saturated carbocycles. The Morgan fingerprint density at radius 2 is 1.68 bits per heavy atom. The van der Waals surface area contributed by atoms with E-state index < -0.39 is 17.8 Å². The number of benzene rings is 2. The lowest BCUT2D eigenvalue weighted by atomic mass is 10.2. The number of halogens is 3. The molecule has 0 radical (unpaired) electrons. The minimum atomic E-state index is -0.952. The molecule has 0 unspecified atom stereocenters. The average Bonchev–Trinajstić information content (AvgIpc) is 3.13. The standard InChI is InChI=1S/C21H21ClF2N4O3/c1-12(6-7-25-20(29)11-31-14-4-2-13(22)3-5-14)21(30)26-10-19-27-17-8-15(23)16(24)9-18(17)28-19/h2-5,8-9,19,27-28H,1,6-7,10-11H2,(H,25,29)(H,26,30). The number of carbonyl (C=O) groups excluding carboxylic acids is 2. The van der Waals surface area contributed by atoms with Crippen LogP contribution < -0.4 is 26.0 Å². The van der Waals surface area contributed by atoms with Crippen molar-refractivity contribution in [2.45, 2.75) is 12.6 Å². The first-order valence-electron chi connectivity index (χ1n) is 9.45. The quantitative estimate of drug-likeness (QED) is 0.441. The topological polar surface area (TPSA) is 91.5 Å². The van der Waals surface area contributed by atoms with Gasteiger partial charge in [0.2, 0.25) is 5.91 Å². The van der Waals surface area contributed by atoms with Gasteiger partial charge in [0, 0.05) is 29.3 Å². The van der Waals surface area contributed by atoms with Crippen LogP contribution in [0.4, 0.5) is 20.2 Å². The Morgan fingerprint density at radius 1 is 1.06 bits per heavy atom. The van der Waals surface area contributed by atoms with Gasteiger partial charge < -0.3 is 26.0 Å². The third kappa shape index (κ3) is 6.32. The van der Waals surface area contributed by atoms with Crippen molar-refractivity contribution in [3.63, 3.8) is 0 Å². The second-order valence-corrected chi connectivity index (χ2v) is 7.25. The van der Waals surface area contributed by atoms with Gasteiger partial charge in [0.15, 0.2) is 18.2 Å². The van der Waals surface area contributed by atoms with E-state index in [1.54, 1.807) is 24.3 Å². The third-order valence-electron chi connectivity index (χ3n) is 4.44. The third-order valence-corrected chi connectivity index (χ3v) is 4.69. The van der Waals surface area contributed by atoms with Gasteiger partial charge in [-0.25, -0.2) is 8.78 Å². The number of rotatable bonds is 9. The van der Waals surface area contributed by atoms with E-state index in [0.717, 1.165) is 12.1 Å². The van der Waals surface area contributed by atoms with E-state index in [4.69, 9.17) is 16.3 Å². The van der Waals surface area contributed by atoms with Gasteiger partial charge in [0.05, 0.1) is 17.9 Å². The van der Waals surface area contributed by atoms with Crippen molar-refractivity contribution >= 4 is 34.8 Å². The highest BCUT2D eigenvalue weighted by Crippen LogP contribution is 2.30. The van der Waals surface area contributed by atoms with Gasteiger partial charge in [-0.3, -0.25) is 9.59 Å². The number of fused-ring (bicyclic) bond motifs is 1. The van der Waals surface area contributed by atoms with Gasteiger partial charge in [-0.15, -0.1) is 0 Å². The van der Waals surface area contributed by atoms with Crippen molar-refractivity contribution in [1.82, 2.24) is 10.6 Å². The van der Waals surface area contributed by atoms with Crippen molar-refractivity contribution in [2.24, 2.45) is 0 Å². The highest BCUT2D eigenvalue weighted by atomic mass is 35.5. The number of anilines is 2. The van der Waals surface area contributed by atoms with E-state index in [9.17, 15) is 18.4 Å². The Labute approximate surface area is 182 Å². The monoisotopic (exact) mass is 450 g/mol. The number of hydrogen-bond donors (Lipinski definition) is 4. The van der Waals surface area contributed by atoms with Crippen molar-refractivity contribution in [3.05, 3.63) is 65.2 Å². The first kappa shape index (κ1) is 22.4. The van der Waals surface area contributed by atoms with Crippen LogP contribution in [0.15, 0.2) is 48.6 Å². The largest absolute Gasteiger partial charge is 0.484 e. The van der Waals surface area contributed by atoms with E-state index in [1.165, 1.54) is 0 Å². The van der Waals surface area contributed by atoms with Crippen LogP contribution >= 0.6 is 11.6 Å². The predicted molar refractivity (Wildman–Crippen MR) is 114 cm³/mol. The van der Waals surface area contributed by atoms with Gasteiger partial charge in [-0.05, 0) is 30.7 Å². The lowest BCUT2D eigenvalue weighted by molar-refractivity contribution is -0.123. The Balaban J connectivity index is 1.32. The fraction of sp³-hybridized carbons (Fsp3) is 0.238. The van der Waals surface area contributed by atoms with Crippen molar-refractivity contribution in [2.75, 3.05) is 30.3 Å². The highest BCUT2D eigenvalue weighted by molar-refractivity contribution is 6.30. The molecule has 0 atom stereocenters. The van der Waals surface area contributed by atoms with Crippen molar-refractivity contribution in [1.29, 1.82) is 0 Å². The molecule has 2 aromatic rings. The van der Waals surface area contributed by atoms with Crippen LogP contribution in [-0.4, -0.2) is 37.7 Å². The summed E-state index contributed by atoms with van der Waals surface area (Å²) in [5.41, 5.74) is 1.12. The SMILES string of the molecule is C=C(CCNC(=O)COc1ccc(Cl)cc1)C(=O)NCC1Nc2cc(F)c(F)cc2N1. The molecule has 1 aliphatic rings. The van der Waals surface area contributed by atoms with Crippen LogP contribution in [0, 0.1) is 11.6 Å². The Kier molecular flexibility index (Phi) is 7.30. The summed E-state index contributed by atoms with van der Waals surface area (Å²) in [5, 5.41) is 11.8. The predicted octanol–water partition coefficient (Wildman–Crippen LogP) is 3.04. The summed E-state index contributed by atoms with van der Waals surface area (Å²) in [6, 6.07) is 8.73. The zero-order valence-electron chi connectivity index (χ0n) is 16.4. The molecular formula is C21H21ClF2N4O3. The van der Waals surface area contributed by atoms with E-state index in [-0.39, 0.29) is 43.5 Å². The Morgan fingerprint density at radius 3 is 2.29 bits per heavy atom. The average molecular weight is 451 g/mol. The van der Waals surface area contributed by atoms with Crippen LogP contribution in [-0.2, 0) is 9.59 Å². The van der Waals surface area contributed by atoms with Gasteiger partial charge in [0.1, 0.15) is 11.9 Å². The first-order valence-corrected chi connectivity index (χ1v) is 9.83. The van der Waals surface area contributed by atoms with E-state index in [2.05, 4.69) is 27.8 Å². The minimum absolute atomic E-state index is 0.164. The number of hydrogen-bond acceptors (Lipinski definition) is 5. The van der Waals surface area contributed by atoms with Crippen LogP contribution in [0.25, 0.3) is 0 Å². The summed E-state index contributed by atoms with van der Waals surface area (Å²) in [4.78, 5) is 24.0. The number of ether oxygens (including phenoxy) is 1. The van der Waals surface area contributed by atoms with E-state index in [0.29, 0.717) is 22.1 Å². The Bertz CT molecular complexity index is 954. The molecule has 0 fully saturated rings. The molecule has 164 valence electrons. The molecule has 0 spiro atoms. The molecule has 3 rings (SSSR count). The van der Waals surface area contributed by atoms with Gasteiger partial charge in [-0.1, -0.05) is 18.2 Å². The molecule has 31 heavy (non-hydrogen) atoms. The molecule has 4 N–H and O–H groups in total. The lowest BCUT2D eigenvalue weighted by Gasteiger charge is -2.14. The lowest BCUT2D eigenvalue weighted by Crippen LogP contribution is -2.39. The summed E-state index contributed by atoms with van der Waals surface area (Å²) in [7, 11) is 0. The Hall–Kier alpha value is -3.33. The molecule has 0 bridgehead atoms.